The summed E-state index contributed by atoms with van der Waals surface area (Å²) in [6, 6.07) is 4.91. The quantitative estimate of drug-likeness (QED) is 0.501. The van der Waals surface area contributed by atoms with Gasteiger partial charge in [-0.3, -0.25) is 19.3 Å². The molecule has 0 saturated carbocycles. The molecular formula is C17H17NO8S. The fraction of sp³-hybridized carbons (Fsp3) is 0.294. The predicted molar refractivity (Wildman–Crippen MR) is 95.2 cm³/mol. The molecule has 1 saturated heterocycles. The normalized spacial score (nSPS) is 15.1. The van der Waals surface area contributed by atoms with Crippen molar-refractivity contribution in [2.75, 3.05) is 34.5 Å². The van der Waals surface area contributed by atoms with Crippen molar-refractivity contribution in [3.8, 4) is 11.5 Å². The molecule has 0 atom stereocenters. The molecule has 27 heavy (non-hydrogen) atoms. The number of ether oxygens (including phenoxy) is 4. The summed E-state index contributed by atoms with van der Waals surface area (Å²) >= 11 is 0.683. The second kappa shape index (κ2) is 9.08. The number of hydrogen-bond acceptors (Lipinski definition) is 9. The van der Waals surface area contributed by atoms with Crippen LogP contribution in [0.5, 0.6) is 11.5 Å². The summed E-state index contributed by atoms with van der Waals surface area (Å²) in [6.45, 7) is -0.830. The van der Waals surface area contributed by atoms with Gasteiger partial charge in [-0.05, 0) is 23.9 Å². The smallest absolute Gasteiger partial charge is 0.343 e. The number of rotatable bonds is 7. The van der Waals surface area contributed by atoms with Gasteiger partial charge in [-0.2, -0.15) is 0 Å². The van der Waals surface area contributed by atoms with Crippen LogP contribution in [0.15, 0.2) is 23.1 Å². The Kier molecular flexibility index (Phi) is 6.83. The summed E-state index contributed by atoms with van der Waals surface area (Å²) in [5.74, 6) is -1.38. The summed E-state index contributed by atoms with van der Waals surface area (Å²) in [4.78, 5) is 48.0. The number of benzene rings is 1. The van der Waals surface area contributed by atoms with Crippen LogP contribution < -0.4 is 9.47 Å². The van der Waals surface area contributed by atoms with Crippen LogP contribution in [0.3, 0.4) is 0 Å². The third kappa shape index (κ3) is 4.79. The van der Waals surface area contributed by atoms with Gasteiger partial charge in [-0.1, -0.05) is 12.1 Å². The first kappa shape index (κ1) is 20.3. The first-order chi connectivity index (χ1) is 12.9. The molecule has 1 heterocycles. The molecule has 0 spiro atoms. The Bertz CT molecular complexity index is 804. The molecular weight excluding hydrogens is 378 g/mol. The molecule has 1 aromatic rings. The Hall–Kier alpha value is -3.01. The fourth-order valence-corrected chi connectivity index (χ4v) is 2.95. The molecule has 1 aliphatic rings. The number of carbonyl (C=O) groups is 4. The second-order valence-electron chi connectivity index (χ2n) is 5.09. The van der Waals surface area contributed by atoms with Crippen LogP contribution in [-0.4, -0.2) is 62.5 Å². The second-order valence-corrected chi connectivity index (χ2v) is 6.08. The predicted octanol–water partition coefficient (Wildman–Crippen LogP) is 1.46. The number of nitrogens with zero attached hydrogens (tertiary/aromatic N) is 1. The van der Waals surface area contributed by atoms with Crippen LogP contribution in [0.2, 0.25) is 0 Å². The molecule has 144 valence electrons. The van der Waals surface area contributed by atoms with Gasteiger partial charge in [0.15, 0.2) is 18.1 Å². The molecule has 10 heteroatoms. The Labute approximate surface area is 159 Å². The molecule has 9 nitrogen and oxygen atoms in total. The largest absolute Gasteiger partial charge is 0.493 e. The summed E-state index contributed by atoms with van der Waals surface area (Å²) < 4.78 is 19.7. The lowest BCUT2D eigenvalue weighted by Crippen LogP contribution is -2.34. The molecule has 0 radical (unpaired) electrons. The highest BCUT2D eigenvalue weighted by Crippen LogP contribution is 2.37. The van der Waals surface area contributed by atoms with E-state index in [0.29, 0.717) is 23.1 Å². The highest BCUT2D eigenvalue weighted by atomic mass is 32.2. The first-order valence-corrected chi connectivity index (χ1v) is 8.41. The van der Waals surface area contributed by atoms with Crippen LogP contribution in [-0.2, 0) is 23.9 Å². The maximum Gasteiger partial charge on any atom is 0.343 e. The zero-order valence-corrected chi connectivity index (χ0v) is 15.7. The molecule has 1 fully saturated rings. The molecule has 0 N–H and O–H groups in total. The van der Waals surface area contributed by atoms with Crippen LogP contribution in [0.25, 0.3) is 6.08 Å². The number of esters is 2. The summed E-state index contributed by atoms with van der Waals surface area (Å²) in [6.07, 6.45) is 1.43. The molecule has 0 unspecified atom stereocenters. The Morgan fingerprint density at radius 1 is 1.11 bits per heavy atom. The van der Waals surface area contributed by atoms with E-state index < -0.39 is 29.6 Å². The van der Waals surface area contributed by atoms with Crippen LogP contribution in [0.1, 0.15) is 5.56 Å². The molecule has 0 bridgehead atoms. The topological polar surface area (TPSA) is 108 Å². The summed E-state index contributed by atoms with van der Waals surface area (Å²) in [7, 11) is 3.82. The maximum atomic E-state index is 12.4. The van der Waals surface area contributed by atoms with Crippen molar-refractivity contribution in [2.45, 2.75) is 0 Å². The monoisotopic (exact) mass is 395 g/mol. The van der Waals surface area contributed by atoms with Gasteiger partial charge < -0.3 is 18.9 Å². The minimum Gasteiger partial charge on any atom is -0.493 e. The van der Waals surface area contributed by atoms with E-state index in [0.717, 1.165) is 4.90 Å². The van der Waals surface area contributed by atoms with Gasteiger partial charge in [0, 0.05) is 5.56 Å². The van der Waals surface area contributed by atoms with Gasteiger partial charge >= 0.3 is 11.9 Å². The average molecular weight is 395 g/mol. The SMILES string of the molecule is COC(=O)COc1c(/C=C2\SC(=O)N(CC(=O)OC)C2=O)cccc1OC. The van der Waals surface area contributed by atoms with E-state index >= 15 is 0 Å². The standard InChI is InChI=1S/C17H17NO8S/c1-23-11-6-4-5-10(15(11)26-9-14(20)25-3)7-12-16(21)18(17(22)27-12)8-13(19)24-2/h4-7H,8-9H2,1-3H3/b12-7-. The van der Waals surface area contributed by atoms with Crippen LogP contribution in [0, 0.1) is 0 Å². The van der Waals surface area contributed by atoms with Gasteiger partial charge in [-0.25, -0.2) is 4.79 Å². The summed E-state index contributed by atoms with van der Waals surface area (Å²) in [5, 5.41) is -0.587. The number of thioether (sulfide) groups is 1. The van der Waals surface area contributed by atoms with E-state index in [1.807, 2.05) is 0 Å². The highest BCUT2D eigenvalue weighted by Gasteiger charge is 2.36. The third-order valence-corrected chi connectivity index (χ3v) is 4.37. The van der Waals surface area contributed by atoms with Crippen molar-refractivity contribution in [3.05, 3.63) is 28.7 Å². The van der Waals surface area contributed by atoms with E-state index in [-0.39, 0.29) is 17.3 Å². The number of para-hydroxylation sites is 1. The highest BCUT2D eigenvalue weighted by molar-refractivity contribution is 8.18. The first-order valence-electron chi connectivity index (χ1n) is 7.60. The lowest BCUT2D eigenvalue weighted by atomic mass is 10.1. The van der Waals surface area contributed by atoms with Crippen molar-refractivity contribution >= 4 is 40.9 Å². The van der Waals surface area contributed by atoms with Crippen molar-refractivity contribution in [1.82, 2.24) is 4.90 Å². The average Bonchev–Trinajstić information content (AvgIpc) is 2.93. The molecule has 2 amide bonds. The Balaban J connectivity index is 2.32. The number of methoxy groups -OCH3 is 3. The number of amides is 2. The van der Waals surface area contributed by atoms with Gasteiger partial charge in [0.1, 0.15) is 6.54 Å². The van der Waals surface area contributed by atoms with Crippen molar-refractivity contribution in [2.24, 2.45) is 0 Å². The lowest BCUT2D eigenvalue weighted by Gasteiger charge is -2.13. The van der Waals surface area contributed by atoms with E-state index in [9.17, 15) is 19.2 Å². The minimum atomic E-state index is -0.706. The van der Waals surface area contributed by atoms with Crippen molar-refractivity contribution in [3.63, 3.8) is 0 Å². The zero-order valence-electron chi connectivity index (χ0n) is 14.8. The van der Waals surface area contributed by atoms with Gasteiger partial charge in [0.25, 0.3) is 11.1 Å². The van der Waals surface area contributed by atoms with Gasteiger partial charge in [0.05, 0.1) is 26.2 Å². The molecule has 0 aliphatic carbocycles. The minimum absolute atomic E-state index is 0.0973. The lowest BCUT2D eigenvalue weighted by molar-refractivity contribution is -0.143. The third-order valence-electron chi connectivity index (χ3n) is 3.47. The van der Waals surface area contributed by atoms with Gasteiger partial charge in [-0.15, -0.1) is 0 Å². The number of carbonyl (C=O) groups excluding carboxylic acids is 4. The molecule has 1 aromatic carbocycles. The fourth-order valence-electron chi connectivity index (χ4n) is 2.12. The van der Waals surface area contributed by atoms with Crippen molar-refractivity contribution < 1.29 is 38.1 Å². The van der Waals surface area contributed by atoms with E-state index in [1.54, 1.807) is 18.2 Å². The Morgan fingerprint density at radius 2 is 1.81 bits per heavy atom. The van der Waals surface area contributed by atoms with Crippen LogP contribution >= 0.6 is 11.8 Å². The molecule has 0 aromatic heterocycles. The number of imide groups is 1. The van der Waals surface area contributed by atoms with E-state index in [2.05, 4.69) is 9.47 Å². The maximum absolute atomic E-state index is 12.4. The van der Waals surface area contributed by atoms with E-state index in [1.165, 1.54) is 27.4 Å². The Morgan fingerprint density at radius 3 is 2.44 bits per heavy atom. The van der Waals surface area contributed by atoms with Crippen LogP contribution in [0.4, 0.5) is 4.79 Å². The molecule has 2 rings (SSSR count). The molecule has 1 aliphatic heterocycles. The number of hydrogen-bond donors (Lipinski definition) is 0. The van der Waals surface area contributed by atoms with Gasteiger partial charge in [0.2, 0.25) is 0 Å². The van der Waals surface area contributed by atoms with Crippen molar-refractivity contribution in [1.29, 1.82) is 0 Å². The van der Waals surface area contributed by atoms with E-state index in [4.69, 9.17) is 9.47 Å². The zero-order chi connectivity index (χ0) is 20.0. The summed E-state index contributed by atoms with van der Waals surface area (Å²) in [5.41, 5.74) is 0.418.